The molecule has 3 heterocycles. The van der Waals surface area contributed by atoms with E-state index in [2.05, 4.69) is 25.8 Å². The van der Waals surface area contributed by atoms with Gasteiger partial charge in [-0.25, -0.2) is 14.4 Å². The van der Waals surface area contributed by atoms with Crippen LogP contribution in [-0.2, 0) is 16.9 Å². The summed E-state index contributed by atoms with van der Waals surface area (Å²) in [5.41, 5.74) is 0.149. The van der Waals surface area contributed by atoms with E-state index in [1.807, 2.05) is 37.3 Å². The van der Waals surface area contributed by atoms with Crippen molar-refractivity contribution in [1.29, 1.82) is 0 Å². The van der Waals surface area contributed by atoms with E-state index in [0.717, 1.165) is 10.5 Å². The molecule has 0 bridgehead atoms. The van der Waals surface area contributed by atoms with Gasteiger partial charge >= 0.3 is 6.03 Å². The molecule has 1 saturated heterocycles. The highest BCUT2D eigenvalue weighted by Crippen LogP contribution is 2.35. The number of nitrogens with one attached hydrogen (secondary N) is 1. The lowest BCUT2D eigenvalue weighted by molar-refractivity contribution is -0.122. The van der Waals surface area contributed by atoms with Crippen LogP contribution in [0.25, 0.3) is 0 Å². The number of rotatable bonds is 5. The smallest absolute Gasteiger partial charge is 0.331 e. The molecular weight excluding hydrogens is 362 g/mol. The van der Waals surface area contributed by atoms with Crippen LogP contribution in [0.15, 0.2) is 34.9 Å². The summed E-state index contributed by atoms with van der Waals surface area (Å²) in [5.74, 6) is 0.685. The lowest BCUT2D eigenvalue weighted by Crippen LogP contribution is -2.43. The van der Waals surface area contributed by atoms with Crippen LogP contribution < -0.4 is 10.2 Å². The Balaban J connectivity index is 1.68. The van der Waals surface area contributed by atoms with E-state index < -0.39 is 11.6 Å². The third-order valence-corrected chi connectivity index (χ3v) is 4.92. The maximum absolute atomic E-state index is 13.3. The number of amides is 3. The van der Waals surface area contributed by atoms with E-state index >= 15 is 0 Å². The summed E-state index contributed by atoms with van der Waals surface area (Å²) in [6.07, 6.45) is 0.410. The number of carbonyl (C=O) groups is 2. The van der Waals surface area contributed by atoms with Gasteiger partial charge in [0.25, 0.3) is 5.91 Å². The molecule has 10 heteroatoms. The number of aromatic nitrogens is 5. The lowest BCUT2D eigenvalue weighted by Gasteiger charge is -2.25. The van der Waals surface area contributed by atoms with Crippen LogP contribution in [0.1, 0.15) is 36.3 Å². The second kappa shape index (κ2) is 6.55. The van der Waals surface area contributed by atoms with Gasteiger partial charge in [0.15, 0.2) is 11.6 Å². The second-order valence-electron chi connectivity index (χ2n) is 6.58. The minimum Gasteiger partial charge on any atom is -0.340 e. The second-order valence-corrected chi connectivity index (χ2v) is 6.58. The van der Waals surface area contributed by atoms with E-state index in [1.165, 1.54) is 4.68 Å². The van der Waals surface area contributed by atoms with E-state index in [4.69, 9.17) is 4.52 Å². The molecule has 1 aromatic carbocycles. The average molecular weight is 381 g/mol. The maximum Gasteiger partial charge on any atom is 0.331 e. The molecule has 3 amide bonds. The zero-order valence-corrected chi connectivity index (χ0v) is 15.7. The van der Waals surface area contributed by atoms with Crippen molar-refractivity contribution in [1.82, 2.24) is 30.5 Å². The Morgan fingerprint density at radius 1 is 1.18 bits per heavy atom. The number of hydrogen-bond donors (Lipinski definition) is 1. The fraction of sp³-hybridized carbons (Fsp3) is 0.333. The lowest BCUT2D eigenvalue weighted by atomic mass is 9.87. The highest BCUT2D eigenvalue weighted by atomic mass is 16.5. The van der Waals surface area contributed by atoms with E-state index in [9.17, 15) is 9.59 Å². The van der Waals surface area contributed by atoms with Gasteiger partial charge in [0, 0.05) is 6.92 Å². The molecule has 28 heavy (non-hydrogen) atoms. The van der Waals surface area contributed by atoms with Gasteiger partial charge in [-0.2, -0.15) is 4.98 Å². The first-order chi connectivity index (χ1) is 13.5. The zero-order chi connectivity index (χ0) is 19.9. The SMILES string of the molecule is CCC1(c2ccccc2)NC(=O)N(c2nnn(Cc3noc(C)n3)c2C)C1=O. The van der Waals surface area contributed by atoms with Crippen LogP contribution in [-0.4, -0.2) is 37.1 Å². The first kappa shape index (κ1) is 17.8. The topological polar surface area (TPSA) is 119 Å². The normalized spacial score (nSPS) is 19.3. The van der Waals surface area contributed by atoms with Crippen molar-refractivity contribution in [2.24, 2.45) is 0 Å². The minimum absolute atomic E-state index is 0.189. The predicted molar refractivity (Wildman–Crippen MR) is 97.3 cm³/mol. The molecule has 144 valence electrons. The van der Waals surface area contributed by atoms with Crippen molar-refractivity contribution in [2.45, 2.75) is 39.3 Å². The summed E-state index contributed by atoms with van der Waals surface area (Å²) < 4.78 is 6.48. The molecule has 1 N–H and O–H groups in total. The first-order valence-corrected chi connectivity index (χ1v) is 8.87. The van der Waals surface area contributed by atoms with Gasteiger partial charge in [0.05, 0.1) is 5.69 Å². The molecule has 0 spiro atoms. The number of urea groups is 1. The van der Waals surface area contributed by atoms with Gasteiger partial charge in [0.2, 0.25) is 5.89 Å². The molecule has 2 aromatic heterocycles. The Hall–Kier alpha value is -3.56. The summed E-state index contributed by atoms with van der Waals surface area (Å²) in [4.78, 5) is 31.2. The van der Waals surface area contributed by atoms with E-state index in [0.29, 0.717) is 23.8 Å². The molecule has 3 aromatic rings. The summed E-state index contributed by atoms with van der Waals surface area (Å²) >= 11 is 0. The minimum atomic E-state index is -1.13. The van der Waals surface area contributed by atoms with Crippen LogP contribution in [0.2, 0.25) is 0 Å². The fourth-order valence-corrected chi connectivity index (χ4v) is 3.38. The van der Waals surface area contributed by atoms with Gasteiger partial charge in [-0.05, 0) is 18.9 Å². The van der Waals surface area contributed by atoms with Crippen LogP contribution in [0.5, 0.6) is 0 Å². The number of hydrogen-bond acceptors (Lipinski definition) is 7. The summed E-state index contributed by atoms with van der Waals surface area (Å²) in [5, 5.41) is 14.8. The number of aryl methyl sites for hydroxylation is 1. The van der Waals surface area contributed by atoms with Gasteiger partial charge in [-0.1, -0.05) is 47.6 Å². The number of carbonyl (C=O) groups excluding carboxylic acids is 2. The molecule has 1 fully saturated rings. The number of nitrogens with zero attached hydrogens (tertiary/aromatic N) is 6. The monoisotopic (exact) mass is 381 g/mol. The highest BCUT2D eigenvalue weighted by molar-refractivity contribution is 6.23. The third-order valence-electron chi connectivity index (χ3n) is 4.92. The first-order valence-electron chi connectivity index (χ1n) is 8.87. The predicted octanol–water partition coefficient (Wildman–Crippen LogP) is 1.69. The highest BCUT2D eigenvalue weighted by Gasteiger charge is 2.53. The standard InChI is InChI=1S/C18H19N7O3/c1-4-18(13-8-6-5-7-9-13)16(26)25(17(27)20-18)15-11(2)24(23-21-15)10-14-19-12(3)28-22-14/h5-9H,4,10H2,1-3H3,(H,20,27). The Morgan fingerprint density at radius 2 is 1.93 bits per heavy atom. The van der Waals surface area contributed by atoms with Crippen molar-refractivity contribution >= 4 is 17.8 Å². The van der Waals surface area contributed by atoms with Gasteiger partial charge < -0.3 is 9.84 Å². The molecular formula is C18H19N7O3. The van der Waals surface area contributed by atoms with Crippen LogP contribution >= 0.6 is 0 Å². The number of imide groups is 1. The van der Waals surface area contributed by atoms with Gasteiger partial charge in [-0.3, -0.25) is 4.79 Å². The fourth-order valence-electron chi connectivity index (χ4n) is 3.38. The summed E-state index contributed by atoms with van der Waals surface area (Å²) in [6, 6.07) is 8.66. The Bertz CT molecular complexity index is 1040. The van der Waals surface area contributed by atoms with Crippen molar-refractivity contribution < 1.29 is 14.1 Å². The molecule has 0 radical (unpaired) electrons. The maximum atomic E-state index is 13.3. The summed E-state index contributed by atoms with van der Waals surface area (Å²) in [7, 11) is 0. The third kappa shape index (κ3) is 2.65. The van der Waals surface area contributed by atoms with Crippen molar-refractivity contribution in [3.05, 3.63) is 53.3 Å². The van der Waals surface area contributed by atoms with Crippen molar-refractivity contribution in [2.75, 3.05) is 4.90 Å². The molecule has 10 nitrogen and oxygen atoms in total. The Morgan fingerprint density at radius 3 is 2.57 bits per heavy atom. The molecule has 0 saturated carbocycles. The largest absolute Gasteiger partial charge is 0.340 e. The molecule has 1 aliphatic rings. The van der Waals surface area contributed by atoms with Gasteiger partial charge in [0.1, 0.15) is 12.1 Å². The molecule has 0 aliphatic carbocycles. The average Bonchev–Trinajstić information content (AvgIpc) is 3.34. The van der Waals surface area contributed by atoms with Crippen molar-refractivity contribution in [3.8, 4) is 0 Å². The molecule has 4 rings (SSSR count). The van der Waals surface area contributed by atoms with Crippen LogP contribution in [0.3, 0.4) is 0 Å². The van der Waals surface area contributed by atoms with Crippen LogP contribution in [0, 0.1) is 13.8 Å². The Kier molecular flexibility index (Phi) is 4.17. The molecule has 1 atom stereocenters. The van der Waals surface area contributed by atoms with Crippen LogP contribution in [0.4, 0.5) is 10.6 Å². The quantitative estimate of drug-likeness (QED) is 0.668. The van der Waals surface area contributed by atoms with E-state index in [-0.39, 0.29) is 18.3 Å². The molecule has 1 aliphatic heterocycles. The van der Waals surface area contributed by atoms with Gasteiger partial charge in [-0.15, -0.1) is 5.10 Å². The number of anilines is 1. The molecule has 1 unspecified atom stereocenters. The van der Waals surface area contributed by atoms with Crippen molar-refractivity contribution in [3.63, 3.8) is 0 Å². The zero-order valence-electron chi connectivity index (χ0n) is 15.7. The summed E-state index contributed by atoms with van der Waals surface area (Å²) in [6.45, 7) is 5.50. The number of benzene rings is 1. The van der Waals surface area contributed by atoms with E-state index in [1.54, 1.807) is 13.8 Å². The Labute approximate surface area is 160 Å².